The molecule has 1 aliphatic rings. The zero-order chi connectivity index (χ0) is 14.2. The molecule has 3 nitrogen and oxygen atoms in total. The van der Waals surface area contributed by atoms with E-state index in [-0.39, 0.29) is 5.41 Å². The van der Waals surface area contributed by atoms with Gasteiger partial charge < -0.3 is 15.6 Å². The molecule has 1 aliphatic heterocycles. The van der Waals surface area contributed by atoms with Crippen molar-refractivity contribution in [3.63, 3.8) is 0 Å². The van der Waals surface area contributed by atoms with Crippen molar-refractivity contribution in [3.05, 3.63) is 30.0 Å². The van der Waals surface area contributed by atoms with E-state index in [1.165, 1.54) is 35.1 Å². The molecule has 1 aromatic carbocycles. The van der Waals surface area contributed by atoms with E-state index in [9.17, 15) is 0 Å². The van der Waals surface area contributed by atoms with E-state index in [1.54, 1.807) is 0 Å². The van der Waals surface area contributed by atoms with E-state index < -0.39 is 0 Å². The minimum Gasteiger partial charge on any atom is -0.382 e. The topological polar surface area (TPSA) is 39.8 Å². The lowest BCUT2D eigenvalue weighted by atomic mass is 9.92. The quantitative estimate of drug-likeness (QED) is 0.780. The van der Waals surface area contributed by atoms with Crippen LogP contribution in [-0.2, 0) is 5.41 Å². The smallest absolute Gasteiger partial charge is 0.0457 e. The first-order valence-corrected chi connectivity index (χ1v) is 7.63. The number of anilines is 1. The number of aromatic amines is 1. The molecule has 108 valence electrons. The summed E-state index contributed by atoms with van der Waals surface area (Å²) in [6, 6.07) is 9.53. The third-order valence-electron chi connectivity index (χ3n) is 4.14. The molecule has 0 atom stereocenters. The summed E-state index contributed by atoms with van der Waals surface area (Å²) in [6.45, 7) is 8.97. The van der Waals surface area contributed by atoms with Gasteiger partial charge in [0.05, 0.1) is 0 Å². The zero-order valence-electron chi connectivity index (χ0n) is 12.7. The second kappa shape index (κ2) is 5.13. The monoisotopic (exact) mass is 271 g/mol. The number of hydrogen-bond acceptors (Lipinski definition) is 2. The predicted molar refractivity (Wildman–Crippen MR) is 86.5 cm³/mol. The molecule has 20 heavy (non-hydrogen) atoms. The highest BCUT2D eigenvalue weighted by molar-refractivity contribution is 5.84. The molecular formula is C17H25N3. The SMILES string of the molecule is CC(C)(C)c1cc2cc(NC3CCNCC3)ccc2[nH]1. The molecule has 2 heterocycles. The Hall–Kier alpha value is -1.48. The molecule has 0 spiro atoms. The average Bonchev–Trinajstić information content (AvgIpc) is 2.83. The van der Waals surface area contributed by atoms with Crippen LogP contribution < -0.4 is 10.6 Å². The fourth-order valence-electron chi connectivity index (χ4n) is 2.83. The second-order valence-corrected chi connectivity index (χ2v) is 6.90. The van der Waals surface area contributed by atoms with Gasteiger partial charge in [-0.25, -0.2) is 0 Å². The molecule has 2 aromatic rings. The maximum absolute atomic E-state index is 3.67. The van der Waals surface area contributed by atoms with Crippen molar-refractivity contribution in [2.45, 2.75) is 45.1 Å². The number of H-pyrrole nitrogens is 1. The van der Waals surface area contributed by atoms with Crippen molar-refractivity contribution in [2.75, 3.05) is 18.4 Å². The van der Waals surface area contributed by atoms with Crippen LogP contribution in [0.4, 0.5) is 5.69 Å². The third-order valence-corrected chi connectivity index (χ3v) is 4.14. The van der Waals surface area contributed by atoms with Crippen molar-refractivity contribution in [1.29, 1.82) is 0 Å². The van der Waals surface area contributed by atoms with Gasteiger partial charge in [-0.2, -0.15) is 0 Å². The number of fused-ring (bicyclic) bond motifs is 1. The van der Waals surface area contributed by atoms with Crippen LogP contribution in [-0.4, -0.2) is 24.1 Å². The Labute approximate surface area is 121 Å². The van der Waals surface area contributed by atoms with Crippen LogP contribution in [0, 0.1) is 0 Å². The van der Waals surface area contributed by atoms with Crippen molar-refractivity contribution >= 4 is 16.6 Å². The average molecular weight is 271 g/mol. The van der Waals surface area contributed by atoms with E-state index in [2.05, 4.69) is 60.7 Å². The first-order chi connectivity index (χ1) is 9.52. The summed E-state index contributed by atoms with van der Waals surface area (Å²) in [6.07, 6.45) is 2.41. The Bertz CT molecular complexity index is 586. The molecule has 0 aliphatic carbocycles. The summed E-state index contributed by atoms with van der Waals surface area (Å²) in [4.78, 5) is 3.53. The molecule has 0 amide bonds. The van der Waals surface area contributed by atoms with Gasteiger partial charge in [-0.1, -0.05) is 20.8 Å². The molecule has 3 rings (SSSR count). The van der Waals surface area contributed by atoms with Crippen LogP contribution >= 0.6 is 0 Å². The van der Waals surface area contributed by atoms with Crippen LogP contribution in [0.3, 0.4) is 0 Å². The summed E-state index contributed by atoms with van der Waals surface area (Å²) >= 11 is 0. The number of nitrogens with one attached hydrogen (secondary N) is 3. The van der Waals surface area contributed by atoms with Crippen LogP contribution in [0.1, 0.15) is 39.3 Å². The highest BCUT2D eigenvalue weighted by atomic mass is 15.0. The van der Waals surface area contributed by atoms with Crippen molar-refractivity contribution in [3.8, 4) is 0 Å². The van der Waals surface area contributed by atoms with E-state index in [4.69, 9.17) is 0 Å². The first-order valence-electron chi connectivity index (χ1n) is 7.63. The van der Waals surface area contributed by atoms with Gasteiger partial charge in [0.15, 0.2) is 0 Å². The van der Waals surface area contributed by atoms with Gasteiger partial charge in [0.2, 0.25) is 0 Å². The molecule has 0 unspecified atom stereocenters. The third kappa shape index (κ3) is 2.83. The molecule has 3 N–H and O–H groups in total. The van der Waals surface area contributed by atoms with Crippen molar-refractivity contribution < 1.29 is 0 Å². The van der Waals surface area contributed by atoms with Gasteiger partial charge in [0.25, 0.3) is 0 Å². The summed E-state index contributed by atoms with van der Waals surface area (Å²) in [5.74, 6) is 0. The minimum absolute atomic E-state index is 0.168. The molecule has 1 fully saturated rings. The highest BCUT2D eigenvalue weighted by Gasteiger charge is 2.17. The van der Waals surface area contributed by atoms with Crippen molar-refractivity contribution in [1.82, 2.24) is 10.3 Å². The Kier molecular flexibility index (Phi) is 3.47. The zero-order valence-corrected chi connectivity index (χ0v) is 12.7. The summed E-state index contributed by atoms with van der Waals surface area (Å²) in [7, 11) is 0. The van der Waals surface area contributed by atoms with Gasteiger partial charge in [-0.3, -0.25) is 0 Å². The molecule has 3 heteroatoms. The standard InChI is InChI=1S/C17H25N3/c1-17(2,3)16-11-12-10-14(4-5-15(12)20-16)19-13-6-8-18-9-7-13/h4-5,10-11,13,18-20H,6-9H2,1-3H3. The lowest BCUT2D eigenvalue weighted by Gasteiger charge is -2.24. The Morgan fingerprint density at radius 1 is 1.10 bits per heavy atom. The van der Waals surface area contributed by atoms with Gasteiger partial charge in [-0.15, -0.1) is 0 Å². The second-order valence-electron chi connectivity index (χ2n) is 6.90. The molecule has 1 aromatic heterocycles. The number of piperidine rings is 1. The van der Waals surface area contributed by atoms with E-state index in [0.29, 0.717) is 6.04 Å². The first kappa shape index (κ1) is 13.5. The lowest BCUT2D eigenvalue weighted by Crippen LogP contribution is -2.35. The van der Waals surface area contributed by atoms with Crippen LogP contribution in [0.15, 0.2) is 24.3 Å². The van der Waals surface area contributed by atoms with Gasteiger partial charge in [-0.05, 0) is 50.2 Å². The van der Waals surface area contributed by atoms with Crippen LogP contribution in [0.5, 0.6) is 0 Å². The van der Waals surface area contributed by atoms with E-state index >= 15 is 0 Å². The van der Waals surface area contributed by atoms with Crippen LogP contribution in [0.25, 0.3) is 10.9 Å². The molecule has 1 saturated heterocycles. The van der Waals surface area contributed by atoms with Gasteiger partial charge in [0, 0.05) is 33.7 Å². The predicted octanol–water partition coefficient (Wildman–Crippen LogP) is 3.63. The minimum atomic E-state index is 0.168. The number of hydrogen-bond donors (Lipinski definition) is 3. The van der Waals surface area contributed by atoms with Gasteiger partial charge >= 0.3 is 0 Å². The van der Waals surface area contributed by atoms with E-state index in [1.807, 2.05) is 0 Å². The fourth-order valence-corrected chi connectivity index (χ4v) is 2.83. The molecule has 0 bridgehead atoms. The van der Waals surface area contributed by atoms with Crippen molar-refractivity contribution in [2.24, 2.45) is 0 Å². The number of aromatic nitrogens is 1. The van der Waals surface area contributed by atoms with Gasteiger partial charge in [0.1, 0.15) is 0 Å². The fraction of sp³-hybridized carbons (Fsp3) is 0.529. The Morgan fingerprint density at radius 3 is 2.55 bits per heavy atom. The number of rotatable bonds is 2. The largest absolute Gasteiger partial charge is 0.382 e. The summed E-state index contributed by atoms with van der Waals surface area (Å²) < 4.78 is 0. The number of benzene rings is 1. The Balaban J connectivity index is 1.82. The maximum Gasteiger partial charge on any atom is 0.0457 e. The maximum atomic E-state index is 3.67. The summed E-state index contributed by atoms with van der Waals surface area (Å²) in [5.41, 5.74) is 3.93. The van der Waals surface area contributed by atoms with E-state index in [0.717, 1.165) is 13.1 Å². The summed E-state index contributed by atoms with van der Waals surface area (Å²) in [5, 5.41) is 8.37. The normalized spacial score (nSPS) is 17.6. The molecule has 0 saturated carbocycles. The lowest BCUT2D eigenvalue weighted by molar-refractivity contribution is 0.479. The highest BCUT2D eigenvalue weighted by Crippen LogP contribution is 2.27. The van der Waals surface area contributed by atoms with Crippen LogP contribution in [0.2, 0.25) is 0 Å². The molecular weight excluding hydrogens is 246 g/mol. The Morgan fingerprint density at radius 2 is 1.85 bits per heavy atom. The molecule has 0 radical (unpaired) electrons.